The summed E-state index contributed by atoms with van der Waals surface area (Å²) >= 11 is 0. The number of rotatable bonds is 8. The average Bonchev–Trinajstić information content (AvgIpc) is 3.59. The van der Waals surface area contributed by atoms with Crippen molar-refractivity contribution in [1.29, 1.82) is 0 Å². The average molecular weight is 506 g/mol. The molecule has 0 aromatic heterocycles. The van der Waals surface area contributed by atoms with Crippen molar-refractivity contribution in [2.75, 3.05) is 26.2 Å². The maximum absolute atomic E-state index is 15.0. The molecule has 1 N–H and O–H groups in total. The van der Waals surface area contributed by atoms with Gasteiger partial charge in [0.2, 0.25) is 0 Å². The second kappa shape index (κ2) is 9.83. The smallest absolute Gasteiger partial charge is 0.304 e. The number of halogens is 2. The van der Waals surface area contributed by atoms with E-state index in [1.54, 1.807) is 12.1 Å². The van der Waals surface area contributed by atoms with Gasteiger partial charge in [0.15, 0.2) is 0 Å². The van der Waals surface area contributed by atoms with Gasteiger partial charge in [0.1, 0.15) is 23.5 Å². The van der Waals surface area contributed by atoms with Crippen LogP contribution in [0.3, 0.4) is 0 Å². The van der Waals surface area contributed by atoms with E-state index in [9.17, 15) is 22.0 Å². The Hall–Kier alpha value is -2.56. The van der Waals surface area contributed by atoms with E-state index in [1.165, 1.54) is 24.3 Å². The third-order valence-corrected chi connectivity index (χ3v) is 8.30. The Balaban J connectivity index is 1.29. The minimum atomic E-state index is -3.96. The highest BCUT2D eigenvalue weighted by Gasteiger charge is 2.33. The SMILES string of the molecule is O=C(NS(=O)(=O)N1CCC1)c1cc(C2CC2)c(OC2CCCN(Cc3ccc(F)cc3)C2)cc1F. The van der Waals surface area contributed by atoms with Gasteiger partial charge in [-0.25, -0.2) is 13.5 Å². The summed E-state index contributed by atoms with van der Waals surface area (Å²) in [6, 6.07) is 9.10. The first-order chi connectivity index (χ1) is 16.8. The summed E-state index contributed by atoms with van der Waals surface area (Å²) in [5.41, 5.74) is 1.47. The van der Waals surface area contributed by atoms with Gasteiger partial charge < -0.3 is 4.74 Å². The lowest BCUT2D eigenvalue weighted by atomic mass is 10.0. The highest BCUT2D eigenvalue weighted by Crippen LogP contribution is 2.45. The fourth-order valence-corrected chi connectivity index (χ4v) is 5.82. The molecule has 2 aromatic carbocycles. The van der Waals surface area contributed by atoms with E-state index in [2.05, 4.69) is 4.90 Å². The standard InChI is InChI=1S/C25H29F2N3O4S/c26-19-8-4-17(5-9-19)15-29-10-1-3-20(16-29)34-24-14-23(27)22(13-21(24)18-6-7-18)25(31)28-35(32,33)30-11-2-12-30/h4-5,8-9,13-14,18,20H,1-3,6-7,10-12,15-16H2,(H,28,31). The van der Waals surface area contributed by atoms with Gasteiger partial charge in [-0.1, -0.05) is 12.1 Å². The van der Waals surface area contributed by atoms with Gasteiger partial charge in [-0.15, -0.1) is 0 Å². The van der Waals surface area contributed by atoms with Crippen LogP contribution >= 0.6 is 0 Å². The van der Waals surface area contributed by atoms with Gasteiger partial charge in [-0.3, -0.25) is 9.69 Å². The van der Waals surface area contributed by atoms with Crippen LogP contribution in [-0.4, -0.2) is 55.8 Å². The molecule has 1 unspecified atom stereocenters. The summed E-state index contributed by atoms with van der Waals surface area (Å²) in [5.74, 6) is -1.45. The Morgan fingerprint density at radius 2 is 1.77 bits per heavy atom. The van der Waals surface area contributed by atoms with E-state index in [4.69, 9.17) is 4.74 Å². The van der Waals surface area contributed by atoms with Gasteiger partial charge in [0.05, 0.1) is 5.56 Å². The Kier molecular flexibility index (Phi) is 6.78. The predicted molar refractivity (Wildman–Crippen MR) is 126 cm³/mol. The Bertz CT molecular complexity index is 1200. The molecule has 10 heteroatoms. The molecular weight excluding hydrogens is 476 g/mol. The predicted octanol–water partition coefficient (Wildman–Crippen LogP) is 3.57. The van der Waals surface area contributed by atoms with Crippen molar-refractivity contribution in [2.45, 2.75) is 50.7 Å². The van der Waals surface area contributed by atoms with Gasteiger partial charge in [0.25, 0.3) is 5.91 Å². The molecule has 1 saturated carbocycles. The Labute approximate surface area is 204 Å². The number of nitrogens with zero attached hydrogens (tertiary/aromatic N) is 2. The number of carbonyl (C=O) groups excluding carboxylic acids is 1. The van der Waals surface area contributed by atoms with Crippen LogP contribution in [0.15, 0.2) is 36.4 Å². The summed E-state index contributed by atoms with van der Waals surface area (Å²) in [7, 11) is -3.96. The van der Waals surface area contributed by atoms with Crippen LogP contribution in [0, 0.1) is 11.6 Å². The van der Waals surface area contributed by atoms with Crippen LogP contribution in [0.4, 0.5) is 8.78 Å². The first kappa shape index (κ1) is 24.1. The zero-order valence-corrected chi connectivity index (χ0v) is 20.2. The lowest BCUT2D eigenvalue weighted by molar-refractivity contribution is 0.0832. The van der Waals surface area contributed by atoms with Crippen molar-refractivity contribution in [3.05, 3.63) is 64.7 Å². The van der Waals surface area contributed by atoms with Crippen molar-refractivity contribution in [3.8, 4) is 5.75 Å². The zero-order chi connectivity index (χ0) is 24.6. The quantitative estimate of drug-likeness (QED) is 0.594. The van der Waals surface area contributed by atoms with Crippen LogP contribution in [-0.2, 0) is 16.8 Å². The molecule has 0 spiro atoms. The first-order valence-electron chi connectivity index (χ1n) is 12.1. The Morgan fingerprint density at radius 1 is 1.03 bits per heavy atom. The summed E-state index contributed by atoms with van der Waals surface area (Å²) in [6.45, 7) is 2.93. The fourth-order valence-electron chi connectivity index (χ4n) is 4.61. The summed E-state index contributed by atoms with van der Waals surface area (Å²) in [5, 5.41) is 0. The third-order valence-electron chi connectivity index (χ3n) is 6.81. The number of piperidine rings is 1. The topological polar surface area (TPSA) is 79.0 Å². The lowest BCUT2D eigenvalue weighted by Crippen LogP contribution is -2.49. The number of carbonyl (C=O) groups is 1. The van der Waals surface area contributed by atoms with Crippen LogP contribution < -0.4 is 9.46 Å². The summed E-state index contributed by atoms with van der Waals surface area (Å²) < 4.78 is 62.1. The van der Waals surface area contributed by atoms with Gasteiger partial charge >= 0.3 is 10.2 Å². The molecule has 1 atom stereocenters. The molecule has 188 valence electrons. The second-order valence-electron chi connectivity index (χ2n) is 9.58. The van der Waals surface area contributed by atoms with E-state index in [0.29, 0.717) is 31.9 Å². The minimum absolute atomic E-state index is 0.146. The first-order valence-corrected chi connectivity index (χ1v) is 13.5. The maximum Gasteiger partial charge on any atom is 0.304 e. The van der Waals surface area contributed by atoms with Crippen LogP contribution in [0.1, 0.15) is 59.5 Å². The van der Waals surface area contributed by atoms with E-state index in [1.807, 2.05) is 4.72 Å². The normalized spacial score (nSPS) is 21.4. The summed E-state index contributed by atoms with van der Waals surface area (Å²) in [6.07, 6.45) is 4.16. The number of ether oxygens (including phenoxy) is 1. The highest BCUT2D eigenvalue weighted by atomic mass is 32.2. The highest BCUT2D eigenvalue weighted by molar-refractivity contribution is 7.87. The number of hydrogen-bond donors (Lipinski definition) is 1. The number of hydrogen-bond acceptors (Lipinski definition) is 5. The molecule has 2 heterocycles. The van der Waals surface area contributed by atoms with Crippen molar-refractivity contribution in [2.24, 2.45) is 0 Å². The van der Waals surface area contributed by atoms with E-state index < -0.39 is 21.9 Å². The molecule has 2 saturated heterocycles. The monoisotopic (exact) mass is 505 g/mol. The van der Waals surface area contributed by atoms with Gasteiger partial charge in [-0.2, -0.15) is 12.7 Å². The van der Waals surface area contributed by atoms with Crippen molar-refractivity contribution >= 4 is 16.1 Å². The molecular formula is C25H29F2N3O4S. The van der Waals surface area contributed by atoms with E-state index in [0.717, 1.165) is 54.1 Å². The maximum atomic E-state index is 15.0. The summed E-state index contributed by atoms with van der Waals surface area (Å²) in [4.78, 5) is 14.9. The number of benzene rings is 2. The van der Waals surface area contributed by atoms with E-state index in [-0.39, 0.29) is 23.4 Å². The lowest BCUT2D eigenvalue weighted by Gasteiger charge is -2.33. The molecule has 2 aliphatic heterocycles. The molecule has 1 aliphatic carbocycles. The van der Waals surface area contributed by atoms with Crippen molar-refractivity contribution in [1.82, 2.24) is 13.9 Å². The zero-order valence-electron chi connectivity index (χ0n) is 19.4. The number of amides is 1. The van der Waals surface area contributed by atoms with Crippen molar-refractivity contribution in [3.63, 3.8) is 0 Å². The molecule has 5 rings (SSSR count). The van der Waals surface area contributed by atoms with Gasteiger partial charge in [-0.05, 0) is 73.9 Å². The van der Waals surface area contributed by atoms with Crippen LogP contribution in [0.25, 0.3) is 0 Å². The van der Waals surface area contributed by atoms with E-state index >= 15 is 0 Å². The third kappa shape index (κ3) is 5.65. The van der Waals surface area contributed by atoms with Crippen LogP contribution in [0.5, 0.6) is 5.75 Å². The molecule has 0 bridgehead atoms. The second-order valence-corrected chi connectivity index (χ2v) is 11.2. The molecule has 3 fully saturated rings. The Morgan fingerprint density at radius 3 is 2.43 bits per heavy atom. The molecule has 7 nitrogen and oxygen atoms in total. The number of nitrogens with one attached hydrogen (secondary N) is 1. The largest absolute Gasteiger partial charge is 0.489 e. The number of likely N-dealkylation sites (tertiary alicyclic amines) is 1. The fraction of sp³-hybridized carbons (Fsp3) is 0.480. The molecule has 0 radical (unpaired) electrons. The molecule has 3 aliphatic rings. The molecule has 35 heavy (non-hydrogen) atoms. The molecule has 1 amide bonds. The minimum Gasteiger partial charge on any atom is -0.489 e. The van der Waals surface area contributed by atoms with Gasteiger partial charge in [0, 0.05) is 32.2 Å². The van der Waals surface area contributed by atoms with Crippen molar-refractivity contribution < 1.29 is 26.7 Å². The molecule has 2 aromatic rings. The van der Waals surface area contributed by atoms with Crippen LogP contribution in [0.2, 0.25) is 0 Å².